The molecule has 6 nitrogen and oxygen atoms in total. The fourth-order valence-corrected chi connectivity index (χ4v) is 5.02. The first-order valence-electron chi connectivity index (χ1n) is 12.7. The van der Waals surface area contributed by atoms with Gasteiger partial charge >= 0.3 is 5.97 Å². The van der Waals surface area contributed by atoms with E-state index >= 15 is 0 Å². The summed E-state index contributed by atoms with van der Waals surface area (Å²) in [7, 11) is 0. The largest absolute Gasteiger partial charge is 0.508 e. The summed E-state index contributed by atoms with van der Waals surface area (Å²) in [6.07, 6.45) is 8.53. The maximum absolute atomic E-state index is 10.9. The maximum atomic E-state index is 10.9. The van der Waals surface area contributed by atoms with Crippen LogP contribution in [0.3, 0.4) is 0 Å². The van der Waals surface area contributed by atoms with E-state index in [2.05, 4.69) is 30.2 Å². The van der Waals surface area contributed by atoms with Crippen LogP contribution in [0.15, 0.2) is 79.0 Å². The molecule has 5 rings (SSSR count). The van der Waals surface area contributed by atoms with Gasteiger partial charge in [-0.2, -0.15) is 5.10 Å². The molecule has 0 bridgehead atoms. The number of fused-ring (bicyclic) bond motifs is 1. The molecule has 2 heterocycles. The summed E-state index contributed by atoms with van der Waals surface area (Å²) in [6, 6.07) is 21.6. The quantitative estimate of drug-likeness (QED) is 0.215. The molecule has 1 fully saturated rings. The van der Waals surface area contributed by atoms with Gasteiger partial charge < -0.3 is 14.9 Å². The van der Waals surface area contributed by atoms with Crippen molar-refractivity contribution in [3.63, 3.8) is 0 Å². The molecule has 1 unspecified atom stereocenters. The molecule has 2 N–H and O–H groups in total. The van der Waals surface area contributed by atoms with Crippen molar-refractivity contribution in [3.05, 3.63) is 101 Å². The van der Waals surface area contributed by atoms with Crippen molar-refractivity contribution in [1.82, 2.24) is 9.78 Å². The number of phenolic OH excluding ortho intramolecular Hbond substituents is 1. The Morgan fingerprint density at radius 1 is 1.05 bits per heavy atom. The highest BCUT2D eigenvalue weighted by Crippen LogP contribution is 2.37. The van der Waals surface area contributed by atoms with Crippen LogP contribution in [0, 0.1) is 0 Å². The molecule has 6 heteroatoms. The molecule has 0 aliphatic carbocycles. The van der Waals surface area contributed by atoms with Gasteiger partial charge in [0, 0.05) is 18.1 Å². The molecule has 37 heavy (non-hydrogen) atoms. The van der Waals surface area contributed by atoms with Gasteiger partial charge in [0.25, 0.3) is 0 Å². The van der Waals surface area contributed by atoms with Crippen LogP contribution >= 0.6 is 0 Å². The standard InChI is InChI=1S/C31H30N2O4/c1-2-27(23-6-5-7-26(34)19-23)31(22-12-9-21(10-13-22)11-16-30(35)36)24-14-15-28-25(18-24)20-32-33(28)29-8-3-4-17-37-29/h5-7,9-16,18-20,29,34H,2-4,8,17H2,1H3,(H,35,36)/b16-11?,31-27+. The van der Waals surface area contributed by atoms with E-state index < -0.39 is 5.97 Å². The second kappa shape index (κ2) is 10.8. The highest BCUT2D eigenvalue weighted by molar-refractivity contribution is 6.00. The van der Waals surface area contributed by atoms with E-state index in [1.165, 1.54) is 0 Å². The molecule has 1 aromatic heterocycles. The Balaban J connectivity index is 1.63. The Hall–Kier alpha value is -4.16. The number of rotatable bonds is 7. The Morgan fingerprint density at radius 3 is 2.57 bits per heavy atom. The van der Waals surface area contributed by atoms with Gasteiger partial charge in [0.2, 0.25) is 0 Å². The van der Waals surface area contributed by atoms with Crippen molar-refractivity contribution < 1.29 is 19.7 Å². The first-order valence-corrected chi connectivity index (χ1v) is 12.7. The minimum absolute atomic E-state index is 0.0305. The van der Waals surface area contributed by atoms with E-state index in [4.69, 9.17) is 9.84 Å². The highest BCUT2D eigenvalue weighted by Gasteiger charge is 2.20. The lowest BCUT2D eigenvalue weighted by Gasteiger charge is -2.23. The lowest BCUT2D eigenvalue weighted by atomic mass is 9.87. The van der Waals surface area contributed by atoms with Crippen LogP contribution in [0.2, 0.25) is 0 Å². The van der Waals surface area contributed by atoms with Crippen LogP contribution in [0.5, 0.6) is 5.75 Å². The topological polar surface area (TPSA) is 84.6 Å². The Bertz CT molecular complexity index is 1470. The van der Waals surface area contributed by atoms with E-state index in [-0.39, 0.29) is 12.0 Å². The lowest BCUT2D eigenvalue weighted by Crippen LogP contribution is -2.18. The number of carbonyl (C=O) groups is 1. The molecule has 1 aliphatic rings. The number of aliphatic carboxylic acids is 1. The predicted octanol–water partition coefficient (Wildman–Crippen LogP) is 6.91. The monoisotopic (exact) mass is 494 g/mol. The van der Waals surface area contributed by atoms with Crippen LogP contribution in [0.1, 0.15) is 61.1 Å². The molecule has 0 amide bonds. The average Bonchev–Trinajstić information content (AvgIpc) is 3.35. The number of nitrogens with zero attached hydrogens (tertiary/aromatic N) is 2. The molecular formula is C31H30N2O4. The van der Waals surface area contributed by atoms with Crippen LogP contribution in [-0.2, 0) is 9.53 Å². The zero-order valence-corrected chi connectivity index (χ0v) is 20.8. The molecule has 4 aromatic rings. The van der Waals surface area contributed by atoms with Crippen molar-refractivity contribution in [2.24, 2.45) is 0 Å². The molecule has 0 saturated carbocycles. The number of phenols is 1. The summed E-state index contributed by atoms with van der Waals surface area (Å²) in [5.41, 5.74) is 7.03. The zero-order valence-electron chi connectivity index (χ0n) is 20.8. The molecular weight excluding hydrogens is 464 g/mol. The third-order valence-corrected chi connectivity index (χ3v) is 6.78. The molecule has 1 aliphatic heterocycles. The Morgan fingerprint density at radius 2 is 1.86 bits per heavy atom. The van der Waals surface area contributed by atoms with Gasteiger partial charge in [-0.1, -0.05) is 49.4 Å². The van der Waals surface area contributed by atoms with Crippen LogP contribution in [0.4, 0.5) is 0 Å². The third kappa shape index (κ3) is 5.34. The van der Waals surface area contributed by atoms with Gasteiger partial charge in [0.05, 0.1) is 11.7 Å². The number of allylic oxidation sites excluding steroid dienone is 1. The molecule has 188 valence electrons. The van der Waals surface area contributed by atoms with E-state index in [1.807, 2.05) is 47.3 Å². The fourth-order valence-electron chi connectivity index (χ4n) is 5.02. The molecule has 1 atom stereocenters. The molecule has 0 spiro atoms. The van der Waals surface area contributed by atoms with Crippen molar-refractivity contribution in [2.45, 2.75) is 38.8 Å². The Kier molecular flexibility index (Phi) is 7.19. The summed E-state index contributed by atoms with van der Waals surface area (Å²) in [5.74, 6) is -0.754. The van der Waals surface area contributed by atoms with Crippen molar-refractivity contribution in [2.75, 3.05) is 6.61 Å². The van der Waals surface area contributed by atoms with Crippen LogP contribution in [-0.4, -0.2) is 32.6 Å². The SMILES string of the molecule is CC/C(=C(/c1ccc(C=CC(=O)O)cc1)c1ccc2c(cnn2C2CCCCO2)c1)c1cccc(O)c1. The predicted molar refractivity (Wildman–Crippen MR) is 146 cm³/mol. The van der Waals surface area contributed by atoms with Crippen LogP contribution < -0.4 is 0 Å². The lowest BCUT2D eigenvalue weighted by molar-refractivity contribution is -0.131. The summed E-state index contributed by atoms with van der Waals surface area (Å²) in [6.45, 7) is 2.87. The van der Waals surface area contributed by atoms with E-state index in [1.54, 1.807) is 18.2 Å². The van der Waals surface area contributed by atoms with Crippen LogP contribution in [0.25, 0.3) is 28.1 Å². The van der Waals surface area contributed by atoms with E-state index in [9.17, 15) is 9.90 Å². The van der Waals surface area contributed by atoms with Gasteiger partial charge in [-0.3, -0.25) is 0 Å². The maximum Gasteiger partial charge on any atom is 0.328 e. The molecule has 0 radical (unpaired) electrons. The minimum atomic E-state index is -0.978. The molecule has 1 saturated heterocycles. The number of ether oxygens (including phenoxy) is 1. The smallest absolute Gasteiger partial charge is 0.328 e. The van der Waals surface area contributed by atoms with E-state index in [0.717, 1.165) is 82.7 Å². The Labute approximate surface area is 216 Å². The van der Waals surface area contributed by atoms with Gasteiger partial charge in [0.1, 0.15) is 5.75 Å². The second-order valence-electron chi connectivity index (χ2n) is 9.23. The minimum Gasteiger partial charge on any atom is -0.508 e. The van der Waals surface area contributed by atoms with Gasteiger partial charge in [-0.05, 0) is 89.4 Å². The number of hydrogen-bond donors (Lipinski definition) is 2. The van der Waals surface area contributed by atoms with Crippen molar-refractivity contribution in [3.8, 4) is 5.75 Å². The number of carboxylic acids is 1. The van der Waals surface area contributed by atoms with Gasteiger partial charge in [0.15, 0.2) is 6.23 Å². The van der Waals surface area contributed by atoms with Crippen molar-refractivity contribution in [1.29, 1.82) is 0 Å². The number of benzene rings is 3. The van der Waals surface area contributed by atoms with Gasteiger partial charge in [-0.25, -0.2) is 9.48 Å². The number of hydrogen-bond acceptors (Lipinski definition) is 4. The fraction of sp³-hybridized carbons (Fsp3) is 0.226. The number of aromatic nitrogens is 2. The first-order chi connectivity index (χ1) is 18.0. The summed E-state index contributed by atoms with van der Waals surface area (Å²) >= 11 is 0. The van der Waals surface area contributed by atoms with E-state index in [0.29, 0.717) is 0 Å². The number of aromatic hydroxyl groups is 1. The summed E-state index contributed by atoms with van der Waals surface area (Å²) in [4.78, 5) is 10.9. The highest BCUT2D eigenvalue weighted by atomic mass is 16.5. The zero-order chi connectivity index (χ0) is 25.8. The van der Waals surface area contributed by atoms with Gasteiger partial charge in [-0.15, -0.1) is 0 Å². The average molecular weight is 495 g/mol. The molecule has 3 aromatic carbocycles. The summed E-state index contributed by atoms with van der Waals surface area (Å²) < 4.78 is 7.96. The number of carboxylic acid groups (broad SMARTS) is 1. The van der Waals surface area contributed by atoms with Crippen molar-refractivity contribution >= 4 is 34.1 Å². The normalized spacial score (nSPS) is 16.7. The summed E-state index contributed by atoms with van der Waals surface area (Å²) in [5, 5.41) is 24.8. The first kappa shape index (κ1) is 24.5. The second-order valence-corrected chi connectivity index (χ2v) is 9.23. The third-order valence-electron chi connectivity index (χ3n) is 6.78.